The maximum absolute atomic E-state index is 3.99. The number of alkyl halides is 1. The van der Waals surface area contributed by atoms with Gasteiger partial charge in [0.1, 0.15) is 0 Å². The van der Waals surface area contributed by atoms with Crippen LogP contribution in [-0.2, 0) is 0 Å². The van der Waals surface area contributed by atoms with Crippen molar-refractivity contribution < 1.29 is 0 Å². The average Bonchev–Trinajstić information content (AvgIpc) is 3.08. The lowest BCUT2D eigenvalue weighted by Gasteiger charge is -2.27. The molecule has 2 saturated carbocycles. The van der Waals surface area contributed by atoms with Crippen molar-refractivity contribution in [3.8, 4) is 0 Å². The zero-order valence-electron chi connectivity index (χ0n) is 12.1. The van der Waals surface area contributed by atoms with Crippen LogP contribution in [0.3, 0.4) is 0 Å². The van der Waals surface area contributed by atoms with Crippen LogP contribution in [0.4, 0.5) is 0 Å². The highest BCUT2D eigenvalue weighted by Crippen LogP contribution is 2.54. The Morgan fingerprint density at radius 3 is 2.32 bits per heavy atom. The van der Waals surface area contributed by atoms with E-state index < -0.39 is 0 Å². The molecule has 1 heteroatoms. The summed E-state index contributed by atoms with van der Waals surface area (Å²) in [5, 5.41) is 0. The Labute approximate surface area is 126 Å². The summed E-state index contributed by atoms with van der Waals surface area (Å²) in [7, 11) is 0. The van der Waals surface area contributed by atoms with Gasteiger partial charge in [0.2, 0.25) is 0 Å². The van der Waals surface area contributed by atoms with E-state index >= 15 is 0 Å². The summed E-state index contributed by atoms with van der Waals surface area (Å²) in [6.07, 6.45) is 7.14. The molecule has 5 atom stereocenters. The fourth-order valence-corrected chi connectivity index (χ4v) is 5.10. The Kier molecular flexibility index (Phi) is 4.03. The minimum atomic E-state index is 0.578. The Hall–Kier alpha value is -0.300. The summed E-state index contributed by atoms with van der Waals surface area (Å²) >= 11 is 3.99. The zero-order chi connectivity index (χ0) is 13.4. The number of rotatable bonds is 4. The Morgan fingerprint density at radius 2 is 1.79 bits per heavy atom. The van der Waals surface area contributed by atoms with E-state index in [0.717, 1.165) is 17.8 Å². The molecule has 5 unspecified atom stereocenters. The number of benzene rings is 1. The van der Waals surface area contributed by atoms with E-state index in [1.54, 1.807) is 0 Å². The standard InChI is InChI=1S/C18H25Br/c1-3-12(2)14-6-8-15(9-7-14)18(19)17-11-13-4-5-16(17)10-13/h6-9,12-13,16-18H,3-5,10-11H2,1-2H3. The molecule has 2 fully saturated rings. The minimum absolute atomic E-state index is 0.578. The Bertz CT molecular complexity index is 422. The molecule has 0 amide bonds. The van der Waals surface area contributed by atoms with Crippen LogP contribution >= 0.6 is 15.9 Å². The summed E-state index contributed by atoms with van der Waals surface area (Å²) in [6, 6.07) is 9.38. The van der Waals surface area contributed by atoms with E-state index in [1.165, 1.54) is 43.2 Å². The predicted octanol–water partition coefficient (Wildman–Crippen LogP) is 6.07. The molecule has 1 aromatic rings. The molecule has 0 N–H and O–H groups in total. The van der Waals surface area contributed by atoms with E-state index in [0.29, 0.717) is 10.7 Å². The van der Waals surface area contributed by atoms with Gasteiger partial charge in [0.05, 0.1) is 0 Å². The van der Waals surface area contributed by atoms with Gasteiger partial charge in [-0.3, -0.25) is 0 Å². The molecule has 0 aromatic heterocycles. The highest BCUT2D eigenvalue weighted by molar-refractivity contribution is 9.09. The fourth-order valence-electron chi connectivity index (χ4n) is 4.14. The summed E-state index contributed by atoms with van der Waals surface area (Å²) < 4.78 is 0. The van der Waals surface area contributed by atoms with Crippen molar-refractivity contribution in [3.63, 3.8) is 0 Å². The molecule has 0 nitrogen and oxygen atoms in total. The minimum Gasteiger partial charge on any atom is -0.0836 e. The van der Waals surface area contributed by atoms with Crippen LogP contribution in [0.15, 0.2) is 24.3 Å². The van der Waals surface area contributed by atoms with Crippen molar-refractivity contribution in [2.24, 2.45) is 17.8 Å². The van der Waals surface area contributed by atoms with Crippen LogP contribution in [0.25, 0.3) is 0 Å². The number of halogens is 1. The van der Waals surface area contributed by atoms with Crippen LogP contribution in [0.2, 0.25) is 0 Å². The van der Waals surface area contributed by atoms with Crippen molar-refractivity contribution in [2.45, 2.75) is 56.7 Å². The van der Waals surface area contributed by atoms with Crippen LogP contribution in [0, 0.1) is 17.8 Å². The fraction of sp³-hybridized carbons (Fsp3) is 0.667. The van der Waals surface area contributed by atoms with Gasteiger partial charge in [-0.1, -0.05) is 60.5 Å². The summed E-state index contributed by atoms with van der Waals surface area (Å²) in [6.45, 7) is 4.58. The van der Waals surface area contributed by atoms with Gasteiger partial charge < -0.3 is 0 Å². The lowest BCUT2D eigenvalue weighted by molar-refractivity contribution is 0.329. The largest absolute Gasteiger partial charge is 0.0836 e. The van der Waals surface area contributed by atoms with Crippen LogP contribution < -0.4 is 0 Å². The SMILES string of the molecule is CCC(C)c1ccc(C(Br)C2CC3CCC2C3)cc1. The van der Waals surface area contributed by atoms with Gasteiger partial charge in [-0.2, -0.15) is 0 Å². The zero-order valence-corrected chi connectivity index (χ0v) is 13.7. The molecule has 0 saturated heterocycles. The summed E-state index contributed by atoms with van der Waals surface area (Å²) in [4.78, 5) is 0.578. The first kappa shape index (κ1) is 13.7. The molecular weight excluding hydrogens is 296 g/mol. The first-order chi connectivity index (χ1) is 9.19. The normalized spacial score (nSPS) is 32.5. The van der Waals surface area contributed by atoms with Crippen molar-refractivity contribution in [1.82, 2.24) is 0 Å². The van der Waals surface area contributed by atoms with Gasteiger partial charge in [0.25, 0.3) is 0 Å². The molecular formula is C18H25Br. The van der Waals surface area contributed by atoms with E-state index in [1.807, 2.05) is 0 Å². The molecule has 2 aliphatic carbocycles. The molecule has 104 valence electrons. The number of hydrogen-bond acceptors (Lipinski definition) is 0. The molecule has 19 heavy (non-hydrogen) atoms. The van der Waals surface area contributed by atoms with Gasteiger partial charge in [-0.25, -0.2) is 0 Å². The third-order valence-electron chi connectivity index (χ3n) is 5.61. The molecule has 0 radical (unpaired) electrons. The monoisotopic (exact) mass is 320 g/mol. The predicted molar refractivity (Wildman–Crippen MR) is 85.8 cm³/mol. The Balaban J connectivity index is 1.71. The molecule has 2 aliphatic rings. The second-order valence-electron chi connectivity index (χ2n) is 6.72. The number of fused-ring (bicyclic) bond motifs is 2. The lowest BCUT2D eigenvalue weighted by atomic mass is 9.84. The van der Waals surface area contributed by atoms with Gasteiger partial charge in [0, 0.05) is 4.83 Å². The van der Waals surface area contributed by atoms with E-state index in [9.17, 15) is 0 Å². The Morgan fingerprint density at radius 1 is 1.11 bits per heavy atom. The van der Waals surface area contributed by atoms with Crippen LogP contribution in [-0.4, -0.2) is 0 Å². The summed E-state index contributed by atoms with van der Waals surface area (Å²) in [5.41, 5.74) is 2.98. The topological polar surface area (TPSA) is 0 Å². The third-order valence-corrected chi connectivity index (χ3v) is 6.81. The van der Waals surface area contributed by atoms with Crippen molar-refractivity contribution in [2.75, 3.05) is 0 Å². The summed E-state index contributed by atoms with van der Waals surface area (Å²) in [5.74, 6) is 3.59. The van der Waals surface area contributed by atoms with Crippen LogP contribution in [0.5, 0.6) is 0 Å². The van der Waals surface area contributed by atoms with E-state index in [-0.39, 0.29) is 0 Å². The van der Waals surface area contributed by atoms with Crippen molar-refractivity contribution >= 4 is 15.9 Å². The van der Waals surface area contributed by atoms with Gasteiger partial charge in [-0.15, -0.1) is 0 Å². The molecule has 0 spiro atoms. The van der Waals surface area contributed by atoms with E-state index in [2.05, 4.69) is 54.0 Å². The molecule has 1 aromatic carbocycles. The average molecular weight is 321 g/mol. The quantitative estimate of drug-likeness (QED) is 0.590. The van der Waals surface area contributed by atoms with Crippen molar-refractivity contribution in [3.05, 3.63) is 35.4 Å². The van der Waals surface area contributed by atoms with Gasteiger partial charge >= 0.3 is 0 Å². The molecule has 0 aliphatic heterocycles. The highest BCUT2D eigenvalue weighted by Gasteiger charge is 2.42. The smallest absolute Gasteiger partial charge is 0.0426 e. The third kappa shape index (κ3) is 2.63. The lowest BCUT2D eigenvalue weighted by Crippen LogP contribution is -2.15. The molecule has 0 heterocycles. The maximum Gasteiger partial charge on any atom is 0.0426 e. The van der Waals surface area contributed by atoms with Gasteiger partial charge in [0.15, 0.2) is 0 Å². The highest BCUT2D eigenvalue weighted by atomic mass is 79.9. The van der Waals surface area contributed by atoms with E-state index in [4.69, 9.17) is 0 Å². The number of hydrogen-bond donors (Lipinski definition) is 0. The molecule has 3 rings (SSSR count). The van der Waals surface area contributed by atoms with Gasteiger partial charge in [-0.05, 0) is 60.5 Å². The second kappa shape index (κ2) is 5.60. The molecule has 2 bridgehead atoms. The van der Waals surface area contributed by atoms with Crippen LogP contribution in [0.1, 0.15) is 67.8 Å². The maximum atomic E-state index is 3.99. The first-order valence-electron chi connectivity index (χ1n) is 7.93. The van der Waals surface area contributed by atoms with Crippen molar-refractivity contribution in [1.29, 1.82) is 0 Å². The second-order valence-corrected chi connectivity index (χ2v) is 7.70. The first-order valence-corrected chi connectivity index (χ1v) is 8.84.